The molecule has 0 aliphatic heterocycles. The van der Waals surface area contributed by atoms with E-state index in [1.807, 2.05) is 13.2 Å². The fraction of sp³-hybridized carbons (Fsp3) is 0.500. The average Bonchev–Trinajstić information content (AvgIpc) is 3.01. The molecule has 2 heterocycles. The summed E-state index contributed by atoms with van der Waals surface area (Å²) in [5.41, 5.74) is 3.94. The molecule has 0 aromatic carbocycles. The van der Waals surface area contributed by atoms with E-state index in [-0.39, 0.29) is 5.97 Å². The minimum atomic E-state index is -0.389. The van der Waals surface area contributed by atoms with Gasteiger partial charge in [0.25, 0.3) is 0 Å². The highest BCUT2D eigenvalue weighted by Crippen LogP contribution is 2.23. The normalized spacial score (nSPS) is 11.1. The van der Waals surface area contributed by atoms with Gasteiger partial charge in [0.1, 0.15) is 0 Å². The van der Waals surface area contributed by atoms with E-state index >= 15 is 0 Å². The fourth-order valence-electron chi connectivity index (χ4n) is 2.77. The Labute approximate surface area is 125 Å². The molecule has 2 aromatic rings. The highest BCUT2D eigenvalue weighted by Gasteiger charge is 2.19. The van der Waals surface area contributed by atoms with Crippen LogP contribution in [0.25, 0.3) is 0 Å². The average molecular weight is 289 g/mol. The maximum absolute atomic E-state index is 11.8. The Hall–Kier alpha value is -2.04. The molecule has 0 atom stereocenters. The predicted molar refractivity (Wildman–Crippen MR) is 81.5 cm³/mol. The molecule has 0 spiro atoms. The Morgan fingerprint density at radius 3 is 2.67 bits per heavy atom. The minimum absolute atomic E-state index is 0.389. The van der Waals surface area contributed by atoms with Gasteiger partial charge < -0.3 is 9.30 Å². The van der Waals surface area contributed by atoms with Crippen molar-refractivity contribution in [1.82, 2.24) is 14.3 Å². The first kappa shape index (κ1) is 15.4. The molecule has 2 aromatic heterocycles. The third kappa shape index (κ3) is 3.01. The van der Waals surface area contributed by atoms with E-state index in [2.05, 4.69) is 42.7 Å². The molecule has 0 amide bonds. The van der Waals surface area contributed by atoms with Gasteiger partial charge in [0.2, 0.25) is 0 Å². The number of aryl methyl sites for hydroxylation is 2. The third-order valence-electron chi connectivity index (χ3n) is 3.65. The van der Waals surface area contributed by atoms with Crippen LogP contribution in [0.5, 0.6) is 0 Å². The molecule has 0 radical (unpaired) electrons. The van der Waals surface area contributed by atoms with E-state index in [1.54, 1.807) is 4.68 Å². The van der Waals surface area contributed by atoms with Gasteiger partial charge in [0.15, 0.2) is 5.69 Å². The van der Waals surface area contributed by atoms with E-state index < -0.39 is 0 Å². The van der Waals surface area contributed by atoms with Crippen molar-refractivity contribution < 1.29 is 9.53 Å². The topological polar surface area (TPSA) is 49.0 Å². The van der Waals surface area contributed by atoms with Gasteiger partial charge in [-0.3, -0.25) is 4.68 Å². The van der Waals surface area contributed by atoms with Crippen LogP contribution in [0.4, 0.5) is 0 Å². The molecule has 0 aliphatic rings. The maximum Gasteiger partial charge on any atom is 0.358 e. The molecule has 5 nitrogen and oxygen atoms in total. The number of esters is 1. The second-order valence-electron chi connectivity index (χ2n) is 5.53. The van der Waals surface area contributed by atoms with Crippen molar-refractivity contribution in [3.63, 3.8) is 0 Å². The van der Waals surface area contributed by atoms with E-state index in [0.717, 1.165) is 12.0 Å². The zero-order chi connectivity index (χ0) is 15.6. The van der Waals surface area contributed by atoms with Crippen LogP contribution in [0.15, 0.2) is 18.5 Å². The van der Waals surface area contributed by atoms with E-state index in [4.69, 9.17) is 4.74 Å². The number of hydrogen-bond acceptors (Lipinski definition) is 3. The maximum atomic E-state index is 11.8. The first-order valence-electron chi connectivity index (χ1n) is 7.26. The Morgan fingerprint density at radius 2 is 2.10 bits per heavy atom. The summed E-state index contributed by atoms with van der Waals surface area (Å²) in [5, 5.41) is 4.21. The van der Waals surface area contributed by atoms with Crippen molar-refractivity contribution >= 4 is 5.97 Å². The van der Waals surface area contributed by atoms with Crippen molar-refractivity contribution in [3.05, 3.63) is 41.0 Å². The molecule has 0 aliphatic carbocycles. The van der Waals surface area contributed by atoms with Gasteiger partial charge in [0.05, 0.1) is 13.7 Å². The van der Waals surface area contributed by atoms with Crippen molar-refractivity contribution in [1.29, 1.82) is 0 Å². The standard InChI is InChI=1S/C16H23N3O2/c1-6-12-7-8-19(15(12)11(2)3)10-13-9-18(4)17-14(13)16(20)21-5/h7-9,11H,6,10H2,1-5H3. The van der Waals surface area contributed by atoms with Gasteiger partial charge in [0, 0.05) is 30.7 Å². The summed E-state index contributed by atoms with van der Waals surface area (Å²) in [6.45, 7) is 7.17. The Balaban J connectivity index is 2.39. The predicted octanol–water partition coefficient (Wildman–Crippen LogP) is 2.74. The molecule has 0 N–H and O–H groups in total. The van der Waals surface area contributed by atoms with Crippen LogP contribution in [0.2, 0.25) is 0 Å². The SMILES string of the molecule is CCc1ccn(Cc2cn(C)nc2C(=O)OC)c1C(C)C. The lowest BCUT2D eigenvalue weighted by molar-refractivity contribution is 0.0592. The minimum Gasteiger partial charge on any atom is -0.464 e. The van der Waals surface area contributed by atoms with Crippen molar-refractivity contribution in [2.24, 2.45) is 7.05 Å². The molecule has 114 valence electrons. The largest absolute Gasteiger partial charge is 0.464 e. The van der Waals surface area contributed by atoms with E-state index in [1.165, 1.54) is 18.4 Å². The van der Waals surface area contributed by atoms with Gasteiger partial charge >= 0.3 is 5.97 Å². The molecule has 0 saturated heterocycles. The number of aromatic nitrogens is 3. The fourth-order valence-corrected chi connectivity index (χ4v) is 2.77. The second-order valence-corrected chi connectivity index (χ2v) is 5.53. The van der Waals surface area contributed by atoms with E-state index in [0.29, 0.717) is 18.2 Å². The Bertz CT molecular complexity index is 638. The molecule has 5 heteroatoms. The smallest absolute Gasteiger partial charge is 0.358 e. The number of methoxy groups -OCH3 is 1. The van der Waals surface area contributed by atoms with E-state index in [9.17, 15) is 4.79 Å². The summed E-state index contributed by atoms with van der Waals surface area (Å²) in [5.74, 6) is 0.0489. The molecule has 0 unspecified atom stereocenters. The summed E-state index contributed by atoms with van der Waals surface area (Å²) in [7, 11) is 3.19. The molecule has 0 bridgehead atoms. The van der Waals surface area contributed by atoms with Crippen molar-refractivity contribution in [2.45, 2.75) is 39.7 Å². The number of carbonyl (C=O) groups is 1. The lowest BCUT2D eigenvalue weighted by Crippen LogP contribution is -2.10. The molecule has 21 heavy (non-hydrogen) atoms. The Morgan fingerprint density at radius 1 is 1.38 bits per heavy atom. The van der Waals surface area contributed by atoms with Crippen LogP contribution in [0.1, 0.15) is 54.0 Å². The van der Waals surface area contributed by atoms with Crippen molar-refractivity contribution in [2.75, 3.05) is 7.11 Å². The van der Waals surface area contributed by atoms with Crippen LogP contribution in [-0.4, -0.2) is 27.4 Å². The van der Waals surface area contributed by atoms with Gasteiger partial charge in [-0.25, -0.2) is 4.79 Å². The molecular weight excluding hydrogens is 266 g/mol. The summed E-state index contributed by atoms with van der Waals surface area (Å²) in [4.78, 5) is 11.8. The van der Waals surface area contributed by atoms with Crippen LogP contribution in [0, 0.1) is 0 Å². The number of rotatable bonds is 5. The van der Waals surface area contributed by atoms with Crippen LogP contribution < -0.4 is 0 Å². The van der Waals surface area contributed by atoms with Gasteiger partial charge in [-0.2, -0.15) is 5.10 Å². The first-order valence-corrected chi connectivity index (χ1v) is 7.26. The molecule has 0 fully saturated rings. The quantitative estimate of drug-likeness (QED) is 0.795. The number of ether oxygens (including phenoxy) is 1. The zero-order valence-corrected chi connectivity index (χ0v) is 13.4. The van der Waals surface area contributed by atoms with Crippen LogP contribution in [0.3, 0.4) is 0 Å². The molecule has 2 rings (SSSR count). The van der Waals surface area contributed by atoms with Gasteiger partial charge in [-0.15, -0.1) is 0 Å². The molecule has 0 saturated carbocycles. The molecular formula is C16H23N3O2. The van der Waals surface area contributed by atoms with Crippen molar-refractivity contribution in [3.8, 4) is 0 Å². The Kier molecular flexibility index (Phi) is 4.50. The third-order valence-corrected chi connectivity index (χ3v) is 3.65. The van der Waals surface area contributed by atoms with Gasteiger partial charge in [-0.1, -0.05) is 20.8 Å². The van der Waals surface area contributed by atoms with Gasteiger partial charge in [-0.05, 0) is 24.0 Å². The number of hydrogen-bond donors (Lipinski definition) is 0. The summed E-state index contributed by atoms with van der Waals surface area (Å²) in [6.07, 6.45) is 4.97. The van der Waals surface area contributed by atoms with Crippen LogP contribution in [-0.2, 0) is 24.8 Å². The summed E-state index contributed by atoms with van der Waals surface area (Å²) in [6, 6.07) is 2.16. The first-order chi connectivity index (χ1) is 9.97. The van der Waals surface area contributed by atoms with Crippen LogP contribution >= 0.6 is 0 Å². The number of nitrogens with zero attached hydrogens (tertiary/aromatic N) is 3. The summed E-state index contributed by atoms with van der Waals surface area (Å²) < 4.78 is 8.66. The monoisotopic (exact) mass is 289 g/mol. The zero-order valence-electron chi connectivity index (χ0n) is 13.4. The second kappa shape index (κ2) is 6.16. The lowest BCUT2D eigenvalue weighted by atomic mass is 10.0. The highest BCUT2D eigenvalue weighted by molar-refractivity contribution is 5.88. The summed E-state index contributed by atoms with van der Waals surface area (Å²) >= 11 is 0. The lowest BCUT2D eigenvalue weighted by Gasteiger charge is -2.14. The number of carbonyl (C=O) groups excluding carboxylic acids is 1. The highest BCUT2D eigenvalue weighted by atomic mass is 16.5.